The van der Waals surface area contributed by atoms with Gasteiger partial charge in [0, 0.05) is 19.3 Å². The zero-order valence-electron chi connectivity index (χ0n) is 38.7. The van der Waals surface area contributed by atoms with Gasteiger partial charge in [0.05, 0.1) is 0 Å². The summed E-state index contributed by atoms with van der Waals surface area (Å²) in [4.78, 5) is 37.6. The van der Waals surface area contributed by atoms with Crippen LogP contribution in [0.2, 0.25) is 0 Å². The van der Waals surface area contributed by atoms with Gasteiger partial charge in [0.2, 0.25) is 0 Å². The molecule has 0 fully saturated rings. The maximum Gasteiger partial charge on any atom is 0.306 e. The van der Waals surface area contributed by atoms with Gasteiger partial charge in [0.15, 0.2) is 6.10 Å². The van der Waals surface area contributed by atoms with Gasteiger partial charge in [-0.3, -0.25) is 14.4 Å². The fourth-order valence-electron chi connectivity index (χ4n) is 6.18. The second-order valence-corrected chi connectivity index (χ2v) is 15.6. The molecular weight excluding hydrogens is 745 g/mol. The van der Waals surface area contributed by atoms with Crippen LogP contribution in [0.15, 0.2) is 97.2 Å². The molecule has 1 unspecified atom stereocenters. The molecule has 6 heteroatoms. The quantitative estimate of drug-likeness (QED) is 0.0264. The Morgan fingerprint density at radius 2 is 0.650 bits per heavy atom. The monoisotopic (exact) mass is 833 g/mol. The molecule has 0 heterocycles. The van der Waals surface area contributed by atoms with Crippen molar-refractivity contribution < 1.29 is 28.6 Å². The van der Waals surface area contributed by atoms with Gasteiger partial charge in [0.1, 0.15) is 13.2 Å². The lowest BCUT2D eigenvalue weighted by molar-refractivity contribution is -0.167. The number of hydrogen-bond acceptors (Lipinski definition) is 6. The lowest BCUT2D eigenvalue weighted by atomic mass is 10.1. The molecular formula is C54H88O6. The SMILES string of the molecule is CC/C=C\C/C=C\C/C=C\C/C=C\C/C=C\C/C=C\CCCCC(=O)OCC(COC(=O)CCCCCCCC)OC(=O)CCCCCCC/C=C\C/C=C\CCCCC. The first kappa shape index (κ1) is 56.3. The molecule has 0 spiro atoms. The van der Waals surface area contributed by atoms with Gasteiger partial charge in [-0.05, 0) is 103 Å². The molecule has 0 aromatic heterocycles. The Balaban J connectivity index is 4.36. The van der Waals surface area contributed by atoms with Crippen LogP contribution in [0.1, 0.15) is 207 Å². The predicted molar refractivity (Wildman–Crippen MR) is 256 cm³/mol. The summed E-state index contributed by atoms with van der Waals surface area (Å²) in [5.74, 6) is -0.975. The van der Waals surface area contributed by atoms with Crippen LogP contribution in [0, 0.1) is 0 Å². The van der Waals surface area contributed by atoms with Crippen molar-refractivity contribution in [3.63, 3.8) is 0 Å². The first-order chi connectivity index (χ1) is 29.5. The van der Waals surface area contributed by atoms with Crippen molar-refractivity contribution in [2.24, 2.45) is 0 Å². The first-order valence-electron chi connectivity index (χ1n) is 24.2. The summed E-state index contributed by atoms with van der Waals surface area (Å²) in [6.07, 6.45) is 62.7. The second kappa shape index (κ2) is 48.0. The molecule has 1 atom stereocenters. The average Bonchev–Trinajstić information content (AvgIpc) is 3.24. The number of allylic oxidation sites excluding steroid dienone is 16. The van der Waals surface area contributed by atoms with E-state index in [1.54, 1.807) is 0 Å². The zero-order chi connectivity index (χ0) is 43.7. The van der Waals surface area contributed by atoms with Gasteiger partial charge in [-0.15, -0.1) is 0 Å². The van der Waals surface area contributed by atoms with E-state index in [1.807, 2.05) is 0 Å². The highest BCUT2D eigenvalue weighted by Crippen LogP contribution is 2.12. The van der Waals surface area contributed by atoms with E-state index in [1.165, 1.54) is 44.9 Å². The standard InChI is InChI=1S/C54H88O6/c1-4-7-10-13-16-18-20-22-24-25-26-27-28-29-31-32-34-36-38-41-44-47-53(56)59-50-51(49-58-52(55)46-43-40-15-12-9-6-3)60-54(57)48-45-42-39-37-35-33-30-23-21-19-17-14-11-8-5-2/h7,10,16-19,22-24,26-27,29-31,34,36,51H,4-6,8-9,11-15,20-21,25,28,32-33,35,37-50H2,1-3H3/b10-7-,18-16-,19-17-,24-22-,27-26-,30-23-,31-29-,36-34-. The van der Waals surface area contributed by atoms with E-state index in [4.69, 9.17) is 14.2 Å². The van der Waals surface area contributed by atoms with Gasteiger partial charge >= 0.3 is 17.9 Å². The summed E-state index contributed by atoms with van der Waals surface area (Å²) in [5, 5.41) is 0. The lowest BCUT2D eigenvalue weighted by Crippen LogP contribution is -2.30. The van der Waals surface area contributed by atoms with Crippen molar-refractivity contribution >= 4 is 17.9 Å². The average molecular weight is 833 g/mol. The molecule has 340 valence electrons. The van der Waals surface area contributed by atoms with Gasteiger partial charge < -0.3 is 14.2 Å². The number of ether oxygens (including phenoxy) is 3. The molecule has 6 nitrogen and oxygen atoms in total. The summed E-state index contributed by atoms with van der Waals surface area (Å²) >= 11 is 0. The fourth-order valence-corrected chi connectivity index (χ4v) is 6.18. The van der Waals surface area contributed by atoms with Crippen LogP contribution in [0.4, 0.5) is 0 Å². The minimum absolute atomic E-state index is 0.0987. The molecule has 0 rings (SSSR count). The highest BCUT2D eigenvalue weighted by molar-refractivity contribution is 5.71. The largest absolute Gasteiger partial charge is 0.462 e. The van der Waals surface area contributed by atoms with E-state index in [0.717, 1.165) is 122 Å². The molecule has 0 aromatic rings. The molecule has 0 saturated heterocycles. The fraction of sp³-hybridized carbons (Fsp3) is 0.648. The Morgan fingerprint density at radius 3 is 1.08 bits per heavy atom. The van der Waals surface area contributed by atoms with Crippen LogP contribution in [0.5, 0.6) is 0 Å². The summed E-state index contributed by atoms with van der Waals surface area (Å²) in [5.41, 5.74) is 0. The van der Waals surface area contributed by atoms with Crippen molar-refractivity contribution in [1.29, 1.82) is 0 Å². The summed E-state index contributed by atoms with van der Waals surface area (Å²) in [6.45, 7) is 6.36. The van der Waals surface area contributed by atoms with Crippen LogP contribution in [0.25, 0.3) is 0 Å². The number of esters is 3. The predicted octanol–water partition coefficient (Wildman–Crippen LogP) is 15.8. The van der Waals surface area contributed by atoms with Crippen LogP contribution in [0.3, 0.4) is 0 Å². The van der Waals surface area contributed by atoms with E-state index >= 15 is 0 Å². The van der Waals surface area contributed by atoms with Gasteiger partial charge in [-0.1, -0.05) is 182 Å². The van der Waals surface area contributed by atoms with Crippen molar-refractivity contribution in [2.75, 3.05) is 13.2 Å². The molecule has 0 bridgehead atoms. The van der Waals surface area contributed by atoms with Gasteiger partial charge in [-0.2, -0.15) is 0 Å². The molecule has 0 aliphatic rings. The van der Waals surface area contributed by atoms with Crippen LogP contribution in [-0.2, 0) is 28.6 Å². The van der Waals surface area contributed by atoms with E-state index in [2.05, 4.69) is 118 Å². The molecule has 0 aromatic carbocycles. The van der Waals surface area contributed by atoms with Gasteiger partial charge in [0.25, 0.3) is 0 Å². The Kier molecular flexibility index (Phi) is 45.1. The highest BCUT2D eigenvalue weighted by Gasteiger charge is 2.19. The number of hydrogen-bond donors (Lipinski definition) is 0. The van der Waals surface area contributed by atoms with E-state index < -0.39 is 6.10 Å². The minimum atomic E-state index is -0.799. The van der Waals surface area contributed by atoms with E-state index in [9.17, 15) is 14.4 Å². The number of carbonyl (C=O) groups excluding carboxylic acids is 3. The Morgan fingerprint density at radius 1 is 0.350 bits per heavy atom. The maximum absolute atomic E-state index is 12.7. The number of carbonyl (C=O) groups is 3. The van der Waals surface area contributed by atoms with Crippen molar-refractivity contribution in [2.45, 2.75) is 213 Å². The Bertz CT molecular complexity index is 1230. The van der Waals surface area contributed by atoms with Crippen molar-refractivity contribution in [3.8, 4) is 0 Å². The highest BCUT2D eigenvalue weighted by atomic mass is 16.6. The lowest BCUT2D eigenvalue weighted by Gasteiger charge is -2.18. The van der Waals surface area contributed by atoms with Crippen molar-refractivity contribution in [3.05, 3.63) is 97.2 Å². The van der Waals surface area contributed by atoms with Crippen LogP contribution < -0.4 is 0 Å². The molecule has 0 aliphatic heterocycles. The molecule has 0 saturated carbocycles. The summed E-state index contributed by atoms with van der Waals surface area (Å²) in [6, 6.07) is 0. The summed E-state index contributed by atoms with van der Waals surface area (Å²) in [7, 11) is 0. The zero-order valence-corrected chi connectivity index (χ0v) is 38.7. The van der Waals surface area contributed by atoms with Crippen LogP contribution in [-0.4, -0.2) is 37.2 Å². The van der Waals surface area contributed by atoms with Crippen LogP contribution >= 0.6 is 0 Å². The Hall–Kier alpha value is -3.67. The maximum atomic E-state index is 12.7. The number of unbranched alkanes of at least 4 members (excludes halogenated alkanes) is 15. The smallest absolute Gasteiger partial charge is 0.306 e. The third kappa shape index (κ3) is 45.4. The molecule has 60 heavy (non-hydrogen) atoms. The third-order valence-electron chi connectivity index (χ3n) is 9.82. The molecule has 0 amide bonds. The minimum Gasteiger partial charge on any atom is -0.462 e. The van der Waals surface area contributed by atoms with E-state index in [0.29, 0.717) is 19.3 Å². The molecule has 0 aliphatic carbocycles. The second-order valence-electron chi connectivity index (χ2n) is 15.6. The third-order valence-corrected chi connectivity index (χ3v) is 9.82. The topological polar surface area (TPSA) is 78.9 Å². The molecule has 0 radical (unpaired) electrons. The summed E-state index contributed by atoms with van der Waals surface area (Å²) < 4.78 is 16.6. The Labute approximate surface area is 368 Å². The number of rotatable bonds is 42. The first-order valence-corrected chi connectivity index (χ1v) is 24.2. The van der Waals surface area contributed by atoms with Crippen molar-refractivity contribution in [1.82, 2.24) is 0 Å². The molecule has 0 N–H and O–H groups in total. The van der Waals surface area contributed by atoms with Gasteiger partial charge in [-0.25, -0.2) is 0 Å². The van der Waals surface area contributed by atoms with E-state index in [-0.39, 0.29) is 31.1 Å². The normalized spacial score (nSPS) is 12.9.